The van der Waals surface area contributed by atoms with Gasteiger partial charge in [-0.15, -0.1) is 0 Å². The van der Waals surface area contributed by atoms with Gasteiger partial charge in [0.15, 0.2) is 0 Å². The van der Waals surface area contributed by atoms with Crippen LogP contribution in [0.4, 0.5) is 0 Å². The van der Waals surface area contributed by atoms with Crippen LogP contribution >= 0.6 is 0 Å². The fourth-order valence-electron chi connectivity index (χ4n) is 4.45. The first-order valence-corrected chi connectivity index (χ1v) is 6.75. The molecule has 0 N–H and O–H groups in total. The van der Waals surface area contributed by atoms with E-state index in [1.807, 2.05) is 0 Å². The minimum absolute atomic E-state index is 0.0248. The van der Waals surface area contributed by atoms with E-state index in [1.165, 1.54) is 5.57 Å². The predicted molar refractivity (Wildman–Crippen MR) is 65.8 cm³/mol. The third kappa shape index (κ3) is 0.993. The van der Waals surface area contributed by atoms with E-state index in [0.29, 0.717) is 5.57 Å². The zero-order valence-electron chi connectivity index (χ0n) is 10.9. The number of hydrogen-bond acceptors (Lipinski definition) is 3. The van der Waals surface area contributed by atoms with E-state index in [9.17, 15) is 4.79 Å². The Bertz CT molecular complexity index is 506. The van der Waals surface area contributed by atoms with Crippen molar-refractivity contribution in [3.05, 3.63) is 23.8 Å². The highest BCUT2D eigenvalue weighted by Crippen LogP contribution is 2.67. The lowest BCUT2D eigenvalue weighted by atomic mass is 9.78. The molecule has 96 valence electrons. The quantitative estimate of drug-likeness (QED) is 0.285. The largest absolute Gasteiger partial charge is 0.458 e. The zero-order chi connectivity index (χ0) is 12.7. The van der Waals surface area contributed by atoms with Gasteiger partial charge in [-0.3, -0.25) is 0 Å². The Morgan fingerprint density at radius 2 is 2.28 bits per heavy atom. The van der Waals surface area contributed by atoms with Crippen LogP contribution < -0.4 is 0 Å². The molecule has 0 aromatic carbocycles. The first kappa shape index (κ1) is 10.8. The van der Waals surface area contributed by atoms with Crippen LogP contribution in [0, 0.1) is 11.8 Å². The lowest BCUT2D eigenvalue weighted by molar-refractivity contribution is -0.141. The monoisotopic (exact) mass is 246 g/mol. The Balaban J connectivity index is 1.81. The van der Waals surface area contributed by atoms with Gasteiger partial charge in [0.25, 0.3) is 0 Å². The van der Waals surface area contributed by atoms with Gasteiger partial charge in [0.2, 0.25) is 0 Å². The summed E-state index contributed by atoms with van der Waals surface area (Å²) in [5.74, 6) is 0.219. The second-order valence-electron chi connectivity index (χ2n) is 6.39. The van der Waals surface area contributed by atoms with Gasteiger partial charge < -0.3 is 9.47 Å². The van der Waals surface area contributed by atoms with Crippen LogP contribution in [0.2, 0.25) is 0 Å². The average Bonchev–Trinajstić information content (AvgIpc) is 2.65. The topological polar surface area (TPSA) is 38.8 Å². The molecule has 1 saturated carbocycles. The number of epoxide rings is 1. The standard InChI is InChI=1S/C15H18O3/c1-8-4-7-15-11(8)12-10(9(2)13(16)17-12)5-6-14(15,3)18-15/h4,10-12H,2,5-7H2,1,3H3/t10-,11+,12-,14+,15-/m0/s1. The lowest BCUT2D eigenvalue weighted by Crippen LogP contribution is -2.37. The van der Waals surface area contributed by atoms with Crippen molar-refractivity contribution < 1.29 is 14.3 Å². The molecule has 3 fully saturated rings. The number of ether oxygens (including phenoxy) is 2. The third-order valence-electron chi connectivity index (χ3n) is 5.59. The SMILES string of the molecule is C=C1C(=O)O[C@@H]2[C@H]3C(C)=CC[C@]34O[C@]4(C)CC[C@@H]12. The van der Waals surface area contributed by atoms with Crippen LogP contribution in [-0.2, 0) is 14.3 Å². The Kier molecular flexibility index (Phi) is 1.74. The molecule has 2 saturated heterocycles. The van der Waals surface area contributed by atoms with Crippen LogP contribution in [0.3, 0.4) is 0 Å². The molecule has 4 aliphatic rings. The molecular weight excluding hydrogens is 228 g/mol. The molecule has 1 spiro atoms. The molecule has 0 radical (unpaired) electrons. The van der Waals surface area contributed by atoms with Gasteiger partial charge in [-0.1, -0.05) is 18.2 Å². The molecule has 2 aliphatic carbocycles. The summed E-state index contributed by atoms with van der Waals surface area (Å²) in [5.41, 5.74) is 1.86. The van der Waals surface area contributed by atoms with Crippen molar-refractivity contribution in [3.8, 4) is 0 Å². The fourth-order valence-corrected chi connectivity index (χ4v) is 4.45. The van der Waals surface area contributed by atoms with E-state index in [-0.39, 0.29) is 35.1 Å². The third-order valence-corrected chi connectivity index (χ3v) is 5.59. The van der Waals surface area contributed by atoms with Crippen molar-refractivity contribution in [2.24, 2.45) is 11.8 Å². The number of fused-ring (bicyclic) bond motifs is 2. The van der Waals surface area contributed by atoms with Crippen molar-refractivity contribution in [1.29, 1.82) is 0 Å². The summed E-state index contributed by atoms with van der Waals surface area (Å²) in [6.45, 7) is 8.27. The average molecular weight is 246 g/mol. The molecule has 0 unspecified atom stereocenters. The van der Waals surface area contributed by atoms with Gasteiger partial charge in [0, 0.05) is 17.4 Å². The minimum atomic E-state index is -0.205. The van der Waals surface area contributed by atoms with E-state index in [1.54, 1.807) is 0 Å². The van der Waals surface area contributed by atoms with E-state index < -0.39 is 0 Å². The molecule has 0 aromatic heterocycles. The predicted octanol–water partition coefficient (Wildman–Crippen LogP) is 2.37. The van der Waals surface area contributed by atoms with Crippen LogP contribution in [0.1, 0.15) is 33.1 Å². The highest BCUT2D eigenvalue weighted by molar-refractivity contribution is 5.91. The van der Waals surface area contributed by atoms with Crippen molar-refractivity contribution in [1.82, 2.24) is 0 Å². The van der Waals surface area contributed by atoms with Crippen molar-refractivity contribution >= 4 is 5.97 Å². The van der Waals surface area contributed by atoms with E-state index in [4.69, 9.17) is 9.47 Å². The van der Waals surface area contributed by atoms with Gasteiger partial charge in [-0.05, 0) is 33.1 Å². The Morgan fingerprint density at radius 1 is 1.50 bits per heavy atom. The summed E-state index contributed by atoms with van der Waals surface area (Å²) in [6, 6.07) is 0. The summed E-state index contributed by atoms with van der Waals surface area (Å²) in [5, 5.41) is 0. The number of hydrogen-bond donors (Lipinski definition) is 0. The van der Waals surface area contributed by atoms with Crippen molar-refractivity contribution in [2.45, 2.75) is 50.4 Å². The number of rotatable bonds is 0. The second kappa shape index (κ2) is 2.90. The maximum Gasteiger partial charge on any atom is 0.334 e. The maximum atomic E-state index is 11.8. The van der Waals surface area contributed by atoms with Gasteiger partial charge >= 0.3 is 5.97 Å². The fraction of sp³-hybridized carbons (Fsp3) is 0.667. The lowest BCUT2D eigenvalue weighted by Gasteiger charge is -2.26. The highest BCUT2D eigenvalue weighted by atomic mass is 16.6. The number of carbonyl (C=O) groups is 1. The first-order valence-electron chi connectivity index (χ1n) is 6.75. The molecule has 4 rings (SSSR count). The molecule has 5 atom stereocenters. The van der Waals surface area contributed by atoms with Gasteiger partial charge in [-0.25, -0.2) is 4.79 Å². The van der Waals surface area contributed by atoms with E-state index in [2.05, 4.69) is 26.5 Å². The summed E-state index contributed by atoms with van der Waals surface area (Å²) in [6.07, 6.45) is 5.13. The summed E-state index contributed by atoms with van der Waals surface area (Å²) in [7, 11) is 0. The van der Waals surface area contributed by atoms with Crippen LogP contribution in [0.15, 0.2) is 23.8 Å². The van der Waals surface area contributed by atoms with Crippen LogP contribution in [0.5, 0.6) is 0 Å². The molecule has 2 heterocycles. The Hall–Kier alpha value is -1.09. The van der Waals surface area contributed by atoms with Gasteiger partial charge in [-0.2, -0.15) is 0 Å². The van der Waals surface area contributed by atoms with Gasteiger partial charge in [0.05, 0.1) is 5.60 Å². The maximum absolute atomic E-state index is 11.8. The van der Waals surface area contributed by atoms with E-state index >= 15 is 0 Å². The normalized spacial score (nSPS) is 53.0. The minimum Gasteiger partial charge on any atom is -0.458 e. The molecule has 2 aliphatic heterocycles. The van der Waals surface area contributed by atoms with Crippen molar-refractivity contribution in [2.75, 3.05) is 0 Å². The summed E-state index contributed by atoms with van der Waals surface area (Å²) in [4.78, 5) is 11.8. The molecule has 0 bridgehead atoms. The smallest absolute Gasteiger partial charge is 0.334 e. The molecule has 3 nitrogen and oxygen atoms in total. The van der Waals surface area contributed by atoms with E-state index in [0.717, 1.165) is 19.3 Å². The van der Waals surface area contributed by atoms with Crippen LogP contribution in [-0.4, -0.2) is 23.3 Å². The molecule has 0 aromatic rings. The summed E-state index contributed by atoms with van der Waals surface area (Å²) < 4.78 is 11.8. The highest BCUT2D eigenvalue weighted by Gasteiger charge is 2.75. The number of carbonyl (C=O) groups excluding carboxylic acids is 1. The van der Waals surface area contributed by atoms with Crippen LogP contribution in [0.25, 0.3) is 0 Å². The van der Waals surface area contributed by atoms with Crippen molar-refractivity contribution in [3.63, 3.8) is 0 Å². The molecule has 18 heavy (non-hydrogen) atoms. The second-order valence-corrected chi connectivity index (χ2v) is 6.39. The molecule has 3 heteroatoms. The van der Waals surface area contributed by atoms with Gasteiger partial charge in [0.1, 0.15) is 11.7 Å². The molecular formula is C15H18O3. The first-order chi connectivity index (χ1) is 8.48. The molecule has 0 amide bonds. The Morgan fingerprint density at radius 3 is 3.06 bits per heavy atom. The number of esters is 1. The summed E-state index contributed by atoms with van der Waals surface area (Å²) >= 11 is 0. The Labute approximate surface area is 107 Å². The zero-order valence-corrected chi connectivity index (χ0v) is 10.9.